The van der Waals surface area contributed by atoms with Crippen LogP contribution in [0.3, 0.4) is 0 Å². The molecule has 0 saturated carbocycles. The van der Waals surface area contributed by atoms with Gasteiger partial charge in [0.15, 0.2) is 0 Å². The summed E-state index contributed by atoms with van der Waals surface area (Å²) in [4.78, 5) is 2.36. The highest BCUT2D eigenvalue weighted by molar-refractivity contribution is 5.50. The Balaban J connectivity index is 2.14. The van der Waals surface area contributed by atoms with Crippen molar-refractivity contribution in [1.82, 2.24) is 4.90 Å². The van der Waals surface area contributed by atoms with E-state index in [2.05, 4.69) is 57.1 Å². The topological polar surface area (TPSA) is 3.24 Å². The summed E-state index contributed by atoms with van der Waals surface area (Å²) in [6, 6.07) is 0. The fourth-order valence-electron chi connectivity index (χ4n) is 4.00. The van der Waals surface area contributed by atoms with Gasteiger partial charge in [-0.3, -0.25) is 0 Å². The highest BCUT2D eigenvalue weighted by Crippen LogP contribution is 2.40. The van der Waals surface area contributed by atoms with Gasteiger partial charge in [-0.25, -0.2) is 0 Å². The Morgan fingerprint density at radius 1 is 1.08 bits per heavy atom. The Bertz CT molecular complexity index is 516. The zero-order chi connectivity index (χ0) is 17.4. The second-order valence-corrected chi connectivity index (χ2v) is 7.64. The smallest absolute Gasteiger partial charge is 0.0429 e. The van der Waals surface area contributed by atoms with Crippen molar-refractivity contribution in [2.24, 2.45) is 5.92 Å². The molecule has 0 saturated heterocycles. The molecule has 24 heavy (non-hydrogen) atoms. The van der Waals surface area contributed by atoms with Gasteiger partial charge in [0.05, 0.1) is 0 Å². The van der Waals surface area contributed by atoms with Gasteiger partial charge in [0.25, 0.3) is 0 Å². The first kappa shape index (κ1) is 19.1. The number of likely N-dealkylation sites (N-methyl/N-ethyl adjacent to an activating group) is 1. The number of allylic oxidation sites excluding steroid dienone is 7. The van der Waals surface area contributed by atoms with Crippen molar-refractivity contribution >= 4 is 0 Å². The third-order valence-corrected chi connectivity index (χ3v) is 5.35. The standard InChI is InChI=1S/C23H37N/c1-5-7-9-10-11-13-21-17-16-20-15-14-19(12-8-6-2)18-22(20)23(21)24(3)4/h11,13-15,19H,5-10,12,16-18H2,1-4H3/b13-11-. The lowest BCUT2D eigenvalue weighted by molar-refractivity contribution is 0.476. The Kier molecular flexibility index (Phi) is 7.88. The van der Waals surface area contributed by atoms with Gasteiger partial charge in [-0.1, -0.05) is 63.8 Å². The summed E-state index contributed by atoms with van der Waals surface area (Å²) < 4.78 is 0. The molecule has 0 aromatic heterocycles. The molecule has 134 valence electrons. The maximum atomic E-state index is 2.48. The van der Waals surface area contributed by atoms with Crippen LogP contribution in [0.4, 0.5) is 0 Å². The van der Waals surface area contributed by atoms with E-state index in [1.54, 1.807) is 16.7 Å². The van der Waals surface area contributed by atoms with Crippen LogP contribution in [0.2, 0.25) is 0 Å². The summed E-state index contributed by atoms with van der Waals surface area (Å²) in [5, 5.41) is 0. The average molecular weight is 328 g/mol. The molecule has 1 heteroatoms. The lowest BCUT2D eigenvalue weighted by atomic mass is 9.79. The highest BCUT2D eigenvalue weighted by atomic mass is 15.1. The Hall–Kier alpha value is -1.24. The minimum atomic E-state index is 0.742. The molecular formula is C23H37N. The highest BCUT2D eigenvalue weighted by Gasteiger charge is 2.25. The van der Waals surface area contributed by atoms with Crippen molar-refractivity contribution in [2.45, 2.75) is 78.1 Å². The summed E-state index contributed by atoms with van der Waals surface area (Å²) in [5.41, 5.74) is 6.28. The minimum absolute atomic E-state index is 0.742. The largest absolute Gasteiger partial charge is 0.377 e. The molecule has 1 atom stereocenters. The van der Waals surface area contributed by atoms with Crippen LogP contribution in [0.25, 0.3) is 0 Å². The van der Waals surface area contributed by atoms with E-state index in [1.807, 2.05) is 0 Å². The van der Waals surface area contributed by atoms with Crippen molar-refractivity contribution in [3.05, 3.63) is 46.7 Å². The van der Waals surface area contributed by atoms with Crippen molar-refractivity contribution in [3.8, 4) is 0 Å². The molecule has 0 radical (unpaired) electrons. The van der Waals surface area contributed by atoms with E-state index in [9.17, 15) is 0 Å². The van der Waals surface area contributed by atoms with E-state index in [0.29, 0.717) is 0 Å². The first-order valence-electron chi connectivity index (χ1n) is 10.1. The lowest BCUT2D eigenvalue weighted by Crippen LogP contribution is -2.22. The lowest BCUT2D eigenvalue weighted by Gasteiger charge is -2.33. The quantitative estimate of drug-likeness (QED) is 0.421. The Morgan fingerprint density at radius 2 is 1.88 bits per heavy atom. The summed E-state index contributed by atoms with van der Waals surface area (Å²) in [5.74, 6) is 0.742. The van der Waals surface area contributed by atoms with Gasteiger partial charge < -0.3 is 4.90 Å². The molecule has 0 bridgehead atoms. The third-order valence-electron chi connectivity index (χ3n) is 5.35. The first-order valence-corrected chi connectivity index (χ1v) is 10.1. The molecule has 0 aromatic carbocycles. The van der Waals surface area contributed by atoms with Crippen LogP contribution in [0.1, 0.15) is 78.1 Å². The number of hydrogen-bond donors (Lipinski definition) is 0. The number of unbranched alkanes of at least 4 members (excludes halogenated alkanes) is 4. The van der Waals surface area contributed by atoms with E-state index in [0.717, 1.165) is 5.92 Å². The molecule has 0 fully saturated rings. The molecule has 0 aliphatic heterocycles. The van der Waals surface area contributed by atoms with E-state index in [1.165, 1.54) is 69.9 Å². The van der Waals surface area contributed by atoms with Crippen LogP contribution < -0.4 is 0 Å². The molecule has 0 heterocycles. The molecule has 1 nitrogen and oxygen atoms in total. The van der Waals surface area contributed by atoms with Gasteiger partial charge in [-0.05, 0) is 61.2 Å². The van der Waals surface area contributed by atoms with E-state index < -0.39 is 0 Å². The van der Waals surface area contributed by atoms with Crippen LogP contribution in [-0.4, -0.2) is 19.0 Å². The van der Waals surface area contributed by atoms with Gasteiger partial charge in [0, 0.05) is 19.8 Å². The van der Waals surface area contributed by atoms with Crippen molar-refractivity contribution in [2.75, 3.05) is 14.1 Å². The van der Waals surface area contributed by atoms with Crippen molar-refractivity contribution < 1.29 is 0 Å². The van der Waals surface area contributed by atoms with E-state index in [-0.39, 0.29) is 0 Å². The van der Waals surface area contributed by atoms with Gasteiger partial charge in [0.1, 0.15) is 0 Å². The molecule has 0 spiro atoms. The second-order valence-electron chi connectivity index (χ2n) is 7.64. The van der Waals surface area contributed by atoms with Crippen LogP contribution in [0.15, 0.2) is 46.7 Å². The first-order chi connectivity index (χ1) is 11.7. The molecule has 0 aromatic rings. The molecule has 0 N–H and O–H groups in total. The molecule has 1 unspecified atom stereocenters. The summed E-state index contributed by atoms with van der Waals surface area (Å²) in [7, 11) is 4.44. The van der Waals surface area contributed by atoms with Crippen molar-refractivity contribution in [1.29, 1.82) is 0 Å². The summed E-state index contributed by atoms with van der Waals surface area (Å²) in [6.45, 7) is 4.57. The SMILES string of the molecule is CCCCC/C=C\C1=C(N(C)C)C2=C(C=CC(CCCC)C2)CC1. The van der Waals surface area contributed by atoms with Crippen LogP contribution >= 0.6 is 0 Å². The minimum Gasteiger partial charge on any atom is -0.377 e. The fraction of sp³-hybridized carbons (Fsp3) is 0.652. The molecule has 2 rings (SSSR count). The average Bonchev–Trinajstić information content (AvgIpc) is 2.58. The van der Waals surface area contributed by atoms with Crippen LogP contribution in [-0.2, 0) is 0 Å². The second kappa shape index (κ2) is 9.91. The third kappa shape index (κ3) is 5.13. The normalized spacial score (nSPS) is 20.9. The van der Waals surface area contributed by atoms with Gasteiger partial charge in [0.2, 0.25) is 0 Å². The van der Waals surface area contributed by atoms with Crippen LogP contribution in [0.5, 0.6) is 0 Å². The predicted molar refractivity (Wildman–Crippen MR) is 107 cm³/mol. The van der Waals surface area contributed by atoms with E-state index >= 15 is 0 Å². The van der Waals surface area contributed by atoms with Gasteiger partial charge in [-0.15, -0.1) is 0 Å². The van der Waals surface area contributed by atoms with Gasteiger partial charge in [-0.2, -0.15) is 0 Å². The molecule has 2 aliphatic carbocycles. The summed E-state index contributed by atoms with van der Waals surface area (Å²) in [6.07, 6.45) is 22.6. The fourth-order valence-corrected chi connectivity index (χ4v) is 4.00. The monoisotopic (exact) mass is 327 g/mol. The molecule has 0 amide bonds. The molecule has 2 aliphatic rings. The van der Waals surface area contributed by atoms with E-state index in [4.69, 9.17) is 0 Å². The van der Waals surface area contributed by atoms with Crippen LogP contribution in [0, 0.1) is 5.92 Å². The predicted octanol–water partition coefficient (Wildman–Crippen LogP) is 6.80. The Labute approximate surface area is 150 Å². The zero-order valence-corrected chi connectivity index (χ0v) is 16.4. The number of rotatable bonds is 9. The summed E-state index contributed by atoms with van der Waals surface area (Å²) >= 11 is 0. The Morgan fingerprint density at radius 3 is 2.58 bits per heavy atom. The molecular weight excluding hydrogens is 290 g/mol. The van der Waals surface area contributed by atoms with Gasteiger partial charge >= 0.3 is 0 Å². The maximum absolute atomic E-state index is 2.48. The number of nitrogens with zero attached hydrogens (tertiary/aromatic N) is 1. The number of hydrogen-bond acceptors (Lipinski definition) is 1. The zero-order valence-electron chi connectivity index (χ0n) is 16.4. The van der Waals surface area contributed by atoms with Crippen molar-refractivity contribution in [3.63, 3.8) is 0 Å². The maximum Gasteiger partial charge on any atom is 0.0429 e.